The molecular weight excluding hydrogens is 192 g/mol. The van der Waals surface area contributed by atoms with E-state index in [4.69, 9.17) is 0 Å². The highest BCUT2D eigenvalue weighted by atomic mass is 13.9. The van der Waals surface area contributed by atoms with E-state index in [-0.39, 0.29) is 0 Å². The van der Waals surface area contributed by atoms with Gasteiger partial charge in [-0.05, 0) is 44.9 Å². The van der Waals surface area contributed by atoms with Gasteiger partial charge in [-0.3, -0.25) is 0 Å². The van der Waals surface area contributed by atoms with E-state index >= 15 is 0 Å². The van der Waals surface area contributed by atoms with Crippen LogP contribution in [0.3, 0.4) is 0 Å². The summed E-state index contributed by atoms with van der Waals surface area (Å²) in [4.78, 5) is 0. The van der Waals surface area contributed by atoms with Crippen molar-refractivity contribution in [1.82, 2.24) is 0 Å². The summed E-state index contributed by atoms with van der Waals surface area (Å²) < 4.78 is 0. The molecule has 0 aromatic heterocycles. The Kier molecular flexibility index (Phi) is 13.5. The summed E-state index contributed by atoms with van der Waals surface area (Å²) in [6.07, 6.45) is 22.6. The van der Waals surface area contributed by atoms with E-state index in [9.17, 15) is 0 Å². The van der Waals surface area contributed by atoms with Crippen LogP contribution in [0.5, 0.6) is 0 Å². The van der Waals surface area contributed by atoms with E-state index in [0.717, 1.165) is 6.42 Å². The average molecular weight is 220 g/mol. The first-order valence-electron chi connectivity index (χ1n) is 6.82. The lowest BCUT2D eigenvalue weighted by atomic mass is 10.1. The fraction of sp³-hybridized carbons (Fsp3) is 0.625. The third-order valence-electron chi connectivity index (χ3n) is 2.60. The number of hydrogen-bond donors (Lipinski definition) is 0. The fourth-order valence-corrected chi connectivity index (χ4v) is 1.62. The second kappa shape index (κ2) is 14.2. The van der Waals surface area contributed by atoms with Crippen molar-refractivity contribution in [2.45, 2.75) is 64.7 Å². The molecule has 0 saturated carbocycles. The monoisotopic (exact) mass is 220 g/mol. The Balaban J connectivity index is 3.09. The topological polar surface area (TPSA) is 0 Å². The van der Waals surface area contributed by atoms with Crippen molar-refractivity contribution in [1.29, 1.82) is 0 Å². The Bertz CT molecular complexity index is 186. The predicted molar refractivity (Wildman–Crippen MR) is 75.7 cm³/mol. The molecule has 0 heterocycles. The number of hydrogen-bond acceptors (Lipinski definition) is 0. The standard InChI is InChI=1S/C16H28/c1-3-5-7-9-11-13-15-16-14-12-10-8-6-4-2/h3,6,8,14,16H,1,4-5,7,9-13,15H2,2H3. The molecule has 92 valence electrons. The van der Waals surface area contributed by atoms with Crippen molar-refractivity contribution in [3.8, 4) is 0 Å². The molecule has 0 unspecified atom stereocenters. The van der Waals surface area contributed by atoms with Gasteiger partial charge in [0.2, 0.25) is 0 Å². The molecule has 0 spiro atoms. The molecule has 0 rings (SSSR count). The smallest absolute Gasteiger partial charge is 0.0316 e. The van der Waals surface area contributed by atoms with Gasteiger partial charge >= 0.3 is 0 Å². The molecule has 0 aliphatic heterocycles. The predicted octanol–water partition coefficient (Wildman–Crippen LogP) is 5.82. The minimum atomic E-state index is 1.16. The highest BCUT2D eigenvalue weighted by Crippen LogP contribution is 2.06. The normalized spacial score (nSPS) is 11.6. The van der Waals surface area contributed by atoms with Crippen molar-refractivity contribution in [3.63, 3.8) is 0 Å². The first-order valence-corrected chi connectivity index (χ1v) is 6.82. The van der Waals surface area contributed by atoms with Crippen LogP contribution >= 0.6 is 0 Å². The quantitative estimate of drug-likeness (QED) is 0.304. The molecule has 0 aliphatic rings. The fourth-order valence-electron chi connectivity index (χ4n) is 1.62. The van der Waals surface area contributed by atoms with Gasteiger partial charge in [0.25, 0.3) is 0 Å². The molecule has 0 amide bonds. The summed E-state index contributed by atoms with van der Waals surface area (Å²) in [6, 6.07) is 0. The summed E-state index contributed by atoms with van der Waals surface area (Å²) in [5, 5.41) is 0. The SMILES string of the molecule is C=CCCCCCCC=CCCC=CCC. The molecule has 0 radical (unpaired) electrons. The van der Waals surface area contributed by atoms with Crippen molar-refractivity contribution < 1.29 is 0 Å². The maximum atomic E-state index is 3.73. The van der Waals surface area contributed by atoms with E-state index in [2.05, 4.69) is 37.8 Å². The van der Waals surface area contributed by atoms with Crippen LogP contribution in [-0.4, -0.2) is 0 Å². The highest BCUT2D eigenvalue weighted by Gasteiger charge is 1.86. The molecule has 0 saturated heterocycles. The second-order valence-corrected chi connectivity index (χ2v) is 4.21. The van der Waals surface area contributed by atoms with Crippen LogP contribution in [0.15, 0.2) is 37.0 Å². The molecule has 0 bridgehead atoms. The molecule has 0 fully saturated rings. The summed E-state index contributed by atoms with van der Waals surface area (Å²) in [5.41, 5.74) is 0. The van der Waals surface area contributed by atoms with Gasteiger partial charge in [-0.2, -0.15) is 0 Å². The van der Waals surface area contributed by atoms with Crippen LogP contribution in [0, 0.1) is 0 Å². The minimum Gasteiger partial charge on any atom is -0.103 e. The molecule has 0 aromatic rings. The molecule has 16 heavy (non-hydrogen) atoms. The zero-order valence-corrected chi connectivity index (χ0v) is 11.0. The number of allylic oxidation sites excluding steroid dienone is 5. The Morgan fingerprint density at radius 3 is 1.88 bits per heavy atom. The van der Waals surface area contributed by atoms with Crippen LogP contribution in [0.4, 0.5) is 0 Å². The third kappa shape index (κ3) is 13.2. The van der Waals surface area contributed by atoms with Gasteiger partial charge in [0.1, 0.15) is 0 Å². The van der Waals surface area contributed by atoms with E-state index in [0.29, 0.717) is 0 Å². The van der Waals surface area contributed by atoms with Crippen molar-refractivity contribution in [2.24, 2.45) is 0 Å². The first kappa shape index (κ1) is 15.2. The Morgan fingerprint density at radius 1 is 0.688 bits per heavy atom. The second-order valence-electron chi connectivity index (χ2n) is 4.21. The molecule has 0 N–H and O–H groups in total. The van der Waals surface area contributed by atoms with Gasteiger partial charge < -0.3 is 0 Å². The first-order chi connectivity index (χ1) is 7.91. The Hall–Kier alpha value is -0.780. The molecule has 0 aliphatic carbocycles. The van der Waals surface area contributed by atoms with E-state index in [1.807, 2.05) is 6.08 Å². The van der Waals surface area contributed by atoms with E-state index in [1.165, 1.54) is 51.4 Å². The van der Waals surface area contributed by atoms with Crippen LogP contribution in [0.25, 0.3) is 0 Å². The van der Waals surface area contributed by atoms with Crippen molar-refractivity contribution in [3.05, 3.63) is 37.0 Å². The maximum absolute atomic E-state index is 3.73. The number of unbranched alkanes of at least 4 members (excludes halogenated alkanes) is 6. The van der Waals surface area contributed by atoms with Crippen LogP contribution < -0.4 is 0 Å². The van der Waals surface area contributed by atoms with Crippen LogP contribution in [0.1, 0.15) is 64.7 Å². The van der Waals surface area contributed by atoms with Crippen molar-refractivity contribution >= 4 is 0 Å². The third-order valence-corrected chi connectivity index (χ3v) is 2.60. The van der Waals surface area contributed by atoms with Gasteiger partial charge in [0.05, 0.1) is 0 Å². The van der Waals surface area contributed by atoms with E-state index in [1.54, 1.807) is 0 Å². The number of rotatable bonds is 11. The Labute approximate surface area is 102 Å². The minimum absolute atomic E-state index is 1.16. The van der Waals surface area contributed by atoms with Crippen LogP contribution in [-0.2, 0) is 0 Å². The average Bonchev–Trinajstić information content (AvgIpc) is 2.31. The molecule has 0 heteroatoms. The Morgan fingerprint density at radius 2 is 1.25 bits per heavy atom. The van der Waals surface area contributed by atoms with Gasteiger partial charge in [0, 0.05) is 0 Å². The summed E-state index contributed by atoms with van der Waals surface area (Å²) >= 11 is 0. The van der Waals surface area contributed by atoms with Gasteiger partial charge in [0.15, 0.2) is 0 Å². The largest absolute Gasteiger partial charge is 0.103 e. The molecule has 0 aromatic carbocycles. The van der Waals surface area contributed by atoms with Gasteiger partial charge in [-0.25, -0.2) is 0 Å². The van der Waals surface area contributed by atoms with E-state index < -0.39 is 0 Å². The van der Waals surface area contributed by atoms with Crippen molar-refractivity contribution in [2.75, 3.05) is 0 Å². The molecular formula is C16H28. The lowest BCUT2D eigenvalue weighted by Gasteiger charge is -1.96. The lowest BCUT2D eigenvalue weighted by molar-refractivity contribution is 0.652. The summed E-state index contributed by atoms with van der Waals surface area (Å²) in [6.45, 7) is 5.91. The summed E-state index contributed by atoms with van der Waals surface area (Å²) in [5.74, 6) is 0. The lowest BCUT2D eigenvalue weighted by Crippen LogP contribution is -1.76. The summed E-state index contributed by atoms with van der Waals surface area (Å²) in [7, 11) is 0. The maximum Gasteiger partial charge on any atom is -0.0316 e. The molecule has 0 nitrogen and oxygen atoms in total. The zero-order valence-electron chi connectivity index (χ0n) is 11.0. The van der Waals surface area contributed by atoms with Crippen LogP contribution in [0.2, 0.25) is 0 Å². The van der Waals surface area contributed by atoms with Gasteiger partial charge in [-0.1, -0.05) is 50.1 Å². The van der Waals surface area contributed by atoms with Gasteiger partial charge in [-0.15, -0.1) is 6.58 Å². The highest BCUT2D eigenvalue weighted by molar-refractivity contribution is 4.87. The zero-order chi connectivity index (χ0) is 11.9. The molecule has 0 atom stereocenters.